The van der Waals surface area contributed by atoms with Gasteiger partial charge in [-0.1, -0.05) is 18.2 Å². The predicted molar refractivity (Wildman–Crippen MR) is 98.4 cm³/mol. The fourth-order valence-corrected chi connectivity index (χ4v) is 3.39. The molecule has 0 fully saturated rings. The first-order valence-electron chi connectivity index (χ1n) is 7.98. The van der Waals surface area contributed by atoms with Gasteiger partial charge in [0, 0.05) is 23.5 Å². The van der Waals surface area contributed by atoms with Crippen molar-refractivity contribution < 1.29 is 18.0 Å². The maximum atomic E-state index is 13.2. The molecule has 0 aliphatic carbocycles. The highest BCUT2D eigenvalue weighted by Crippen LogP contribution is 2.33. The number of amidine groups is 1. The molecule has 2 unspecified atom stereocenters. The molecular weight excluding hydrogens is 425 g/mol. The molecule has 2 aliphatic rings. The Kier molecular flexibility index (Phi) is 4.26. The summed E-state index contributed by atoms with van der Waals surface area (Å²) in [5.41, 5.74) is -0.683. The van der Waals surface area contributed by atoms with Crippen LogP contribution >= 0.6 is 15.9 Å². The lowest BCUT2D eigenvalue weighted by atomic mass is 9.99. The van der Waals surface area contributed by atoms with E-state index in [0.717, 1.165) is 6.07 Å². The van der Waals surface area contributed by atoms with Gasteiger partial charge in [0.2, 0.25) is 0 Å². The summed E-state index contributed by atoms with van der Waals surface area (Å²) < 4.78 is 40.2. The summed E-state index contributed by atoms with van der Waals surface area (Å²) in [6.07, 6.45) is 0.354. The molecule has 4 rings (SSSR count). The van der Waals surface area contributed by atoms with Gasteiger partial charge in [-0.05, 0) is 34.1 Å². The third-order valence-corrected chi connectivity index (χ3v) is 4.76. The van der Waals surface area contributed by atoms with Gasteiger partial charge in [0.1, 0.15) is 10.4 Å². The molecule has 0 spiro atoms. The molecule has 0 bridgehead atoms. The van der Waals surface area contributed by atoms with Gasteiger partial charge in [0.15, 0.2) is 5.78 Å². The van der Waals surface area contributed by atoms with Crippen LogP contribution in [0.25, 0.3) is 0 Å². The predicted octanol–water partition coefficient (Wildman–Crippen LogP) is 3.67. The Balaban J connectivity index is 1.62. The molecule has 0 saturated carbocycles. The van der Waals surface area contributed by atoms with Crippen molar-refractivity contribution in [2.75, 3.05) is 0 Å². The Labute approximate surface area is 160 Å². The second kappa shape index (κ2) is 6.49. The third kappa shape index (κ3) is 3.34. The van der Waals surface area contributed by atoms with Gasteiger partial charge in [-0.25, -0.2) is 0 Å². The van der Waals surface area contributed by atoms with Crippen molar-refractivity contribution in [2.24, 2.45) is 9.98 Å². The average Bonchev–Trinajstić information content (AvgIpc) is 3.26. The van der Waals surface area contributed by atoms with Crippen LogP contribution in [0, 0.1) is 0 Å². The number of aromatic amines is 1. The molecule has 27 heavy (non-hydrogen) atoms. The topological polar surface area (TPSA) is 69.6 Å². The minimum atomic E-state index is -4.60. The first-order valence-corrected chi connectivity index (χ1v) is 8.78. The largest absolute Gasteiger partial charge is 0.417 e. The number of H-pyrrole nitrogens is 1. The van der Waals surface area contributed by atoms with Crippen molar-refractivity contribution in [2.45, 2.75) is 18.3 Å². The summed E-state index contributed by atoms with van der Waals surface area (Å²) in [5.74, 6) is -0.177. The van der Waals surface area contributed by atoms with Crippen LogP contribution < -0.4 is 5.32 Å². The Morgan fingerprint density at radius 1 is 1.22 bits per heavy atom. The van der Waals surface area contributed by atoms with Gasteiger partial charge in [-0.2, -0.15) is 13.2 Å². The summed E-state index contributed by atoms with van der Waals surface area (Å²) in [6.45, 7) is 0. The van der Waals surface area contributed by atoms with Gasteiger partial charge in [0.05, 0.1) is 23.3 Å². The number of nitrogens with zero attached hydrogens (tertiary/aromatic N) is 2. The zero-order valence-corrected chi connectivity index (χ0v) is 15.2. The molecule has 9 heteroatoms. The van der Waals surface area contributed by atoms with E-state index in [2.05, 4.69) is 36.2 Å². The summed E-state index contributed by atoms with van der Waals surface area (Å²) in [6, 6.07) is 6.00. The fraction of sp³-hybridized carbons (Fsp3) is 0.167. The molecule has 2 N–H and O–H groups in total. The normalized spacial score (nSPS) is 21.3. The molecule has 138 valence electrons. The minimum Gasteiger partial charge on any atom is -0.358 e. The lowest BCUT2D eigenvalue weighted by Gasteiger charge is -2.14. The van der Waals surface area contributed by atoms with E-state index in [0.29, 0.717) is 16.1 Å². The number of benzene rings is 1. The molecule has 2 aromatic rings. The summed E-state index contributed by atoms with van der Waals surface area (Å²) in [7, 11) is 0. The maximum absolute atomic E-state index is 13.2. The lowest BCUT2D eigenvalue weighted by molar-refractivity contribution is -0.137. The number of alkyl halides is 3. The van der Waals surface area contributed by atoms with Crippen LogP contribution in [0.3, 0.4) is 0 Å². The van der Waals surface area contributed by atoms with E-state index in [4.69, 9.17) is 0 Å². The molecule has 5 nitrogen and oxygen atoms in total. The van der Waals surface area contributed by atoms with Crippen molar-refractivity contribution in [3.63, 3.8) is 0 Å². The molecule has 3 heterocycles. The number of carbonyl (C=O) groups is 1. The van der Waals surface area contributed by atoms with E-state index in [1.54, 1.807) is 6.21 Å². The Morgan fingerprint density at radius 3 is 2.78 bits per heavy atom. The molecule has 1 aromatic heterocycles. The van der Waals surface area contributed by atoms with E-state index in [9.17, 15) is 18.0 Å². The second-order valence-electron chi connectivity index (χ2n) is 6.08. The first-order chi connectivity index (χ1) is 12.8. The maximum Gasteiger partial charge on any atom is 0.417 e. The molecule has 2 atom stereocenters. The molecule has 0 saturated heterocycles. The number of fused-ring (bicyclic) bond motifs is 1. The van der Waals surface area contributed by atoms with Crippen molar-refractivity contribution in [1.82, 2.24) is 10.3 Å². The number of hydrogen-bond donors (Lipinski definition) is 2. The molecular formula is C18H12BrF3N4O. The minimum absolute atomic E-state index is 0.102. The van der Waals surface area contributed by atoms with Crippen LogP contribution in [-0.4, -0.2) is 34.9 Å². The van der Waals surface area contributed by atoms with Gasteiger partial charge >= 0.3 is 6.18 Å². The molecule has 1 aromatic carbocycles. The van der Waals surface area contributed by atoms with Crippen LogP contribution in [0.5, 0.6) is 0 Å². The number of rotatable bonds is 3. The lowest BCUT2D eigenvalue weighted by Crippen LogP contribution is -2.37. The quantitative estimate of drug-likeness (QED) is 0.569. The number of carbonyl (C=O) groups excluding carboxylic acids is 1. The van der Waals surface area contributed by atoms with Crippen molar-refractivity contribution >= 4 is 33.8 Å². The number of nitrogens with one attached hydrogen (secondary N) is 2. The Bertz CT molecular complexity index is 1010. The highest BCUT2D eigenvalue weighted by molar-refractivity contribution is 9.11. The van der Waals surface area contributed by atoms with E-state index >= 15 is 0 Å². The van der Waals surface area contributed by atoms with Crippen LogP contribution in [-0.2, 0) is 6.18 Å². The zero-order valence-electron chi connectivity index (χ0n) is 13.6. The van der Waals surface area contributed by atoms with E-state index < -0.39 is 17.5 Å². The highest BCUT2D eigenvalue weighted by Gasteiger charge is 2.35. The van der Waals surface area contributed by atoms with Crippen molar-refractivity contribution in [3.8, 4) is 0 Å². The van der Waals surface area contributed by atoms with Gasteiger partial charge in [0.25, 0.3) is 0 Å². The summed E-state index contributed by atoms with van der Waals surface area (Å²) >= 11 is 3.29. The average molecular weight is 437 g/mol. The Hall–Kier alpha value is -2.68. The summed E-state index contributed by atoms with van der Waals surface area (Å²) in [5, 5.41) is 3.17. The van der Waals surface area contributed by atoms with Crippen LogP contribution in [0.15, 0.2) is 57.2 Å². The van der Waals surface area contributed by atoms with E-state index in [-0.39, 0.29) is 23.2 Å². The number of aromatic nitrogens is 1. The van der Waals surface area contributed by atoms with Gasteiger partial charge in [-0.3, -0.25) is 14.8 Å². The van der Waals surface area contributed by atoms with Crippen LogP contribution in [0.1, 0.15) is 27.2 Å². The number of halogens is 4. The summed E-state index contributed by atoms with van der Waals surface area (Å²) in [4.78, 5) is 24.2. The smallest absolute Gasteiger partial charge is 0.358 e. The van der Waals surface area contributed by atoms with Gasteiger partial charge < -0.3 is 10.3 Å². The highest BCUT2D eigenvalue weighted by atomic mass is 79.9. The van der Waals surface area contributed by atoms with Gasteiger partial charge in [-0.15, -0.1) is 0 Å². The number of hydrogen-bond acceptors (Lipinski definition) is 4. The monoisotopic (exact) mass is 436 g/mol. The van der Waals surface area contributed by atoms with Crippen LogP contribution in [0.2, 0.25) is 0 Å². The fourth-order valence-electron chi connectivity index (χ4n) is 3.00. The van der Waals surface area contributed by atoms with Crippen LogP contribution in [0.4, 0.5) is 13.2 Å². The third-order valence-electron chi connectivity index (χ3n) is 4.29. The standard InChI is InChI=1S/C18H12BrF3N4O/c19-15-6-12-14(8-24-15)26-17(25-12)13-5-9(7-23-13)16(27)10-3-1-2-4-11(10)18(20,21)22/h1-8,12,14,23H,(H,25,26). The molecule has 2 aliphatic heterocycles. The molecule has 0 amide bonds. The number of ketones is 1. The Morgan fingerprint density at radius 2 is 2.00 bits per heavy atom. The molecule has 0 radical (unpaired) electrons. The first kappa shape index (κ1) is 17.7. The van der Waals surface area contributed by atoms with Crippen molar-refractivity contribution in [1.29, 1.82) is 0 Å². The zero-order chi connectivity index (χ0) is 19.2. The van der Waals surface area contributed by atoms with E-state index in [1.165, 1.54) is 30.5 Å². The van der Waals surface area contributed by atoms with E-state index in [1.807, 2.05) is 6.08 Å². The number of aliphatic imine (C=N–C) groups is 2. The SMILES string of the molecule is O=C(c1c[nH]c(C2=NC3C=C(Br)N=CC3N2)c1)c1ccccc1C(F)(F)F. The van der Waals surface area contributed by atoms with Crippen molar-refractivity contribution in [3.05, 3.63) is 69.6 Å². The second-order valence-corrected chi connectivity index (χ2v) is 6.89.